The number of hydrogen-bond donors (Lipinski definition) is 0. The summed E-state index contributed by atoms with van der Waals surface area (Å²) in [4.78, 5) is 26.0. The number of hydrogen-bond acceptors (Lipinski definition) is 5. The molecule has 8 heteroatoms. The van der Waals surface area contributed by atoms with Gasteiger partial charge in [0.05, 0.1) is 10.5 Å². The van der Waals surface area contributed by atoms with E-state index in [9.17, 15) is 18.0 Å². The Morgan fingerprint density at radius 3 is 2.43 bits per heavy atom. The van der Waals surface area contributed by atoms with E-state index in [1.54, 1.807) is 4.90 Å². The van der Waals surface area contributed by atoms with Crippen molar-refractivity contribution in [2.45, 2.75) is 31.7 Å². The smallest absolute Gasteiger partial charge is 0.338 e. The van der Waals surface area contributed by atoms with Crippen molar-refractivity contribution in [3.8, 4) is 0 Å². The molecule has 0 unspecified atom stereocenters. The summed E-state index contributed by atoms with van der Waals surface area (Å²) in [5, 5.41) is 0. The Bertz CT molecular complexity index is 1030. The summed E-state index contributed by atoms with van der Waals surface area (Å²) in [6.07, 6.45) is 0.643. The van der Waals surface area contributed by atoms with Crippen molar-refractivity contribution < 1.29 is 22.7 Å². The van der Waals surface area contributed by atoms with Crippen LogP contribution in [0.1, 0.15) is 35.3 Å². The van der Waals surface area contributed by atoms with E-state index in [1.807, 2.05) is 38.1 Å². The normalized spacial score (nSPS) is 14.1. The van der Waals surface area contributed by atoms with Gasteiger partial charge in [0.25, 0.3) is 5.91 Å². The number of carbonyl (C=O) groups excluding carboxylic acids is 2. The van der Waals surface area contributed by atoms with Crippen LogP contribution in [0.5, 0.6) is 0 Å². The summed E-state index contributed by atoms with van der Waals surface area (Å²) in [5.74, 6) is -1.01. The third kappa shape index (κ3) is 4.71. The second-order valence-electron chi connectivity index (χ2n) is 7.03. The number of ether oxygens (including phenoxy) is 1. The zero-order chi connectivity index (χ0) is 21.7. The number of esters is 1. The molecule has 7 nitrogen and oxygen atoms in total. The van der Waals surface area contributed by atoms with Gasteiger partial charge in [0, 0.05) is 26.2 Å². The van der Waals surface area contributed by atoms with Gasteiger partial charge in [0.15, 0.2) is 6.61 Å². The van der Waals surface area contributed by atoms with Crippen molar-refractivity contribution in [1.29, 1.82) is 0 Å². The van der Waals surface area contributed by atoms with Gasteiger partial charge in [-0.1, -0.05) is 30.3 Å². The molecule has 0 aliphatic carbocycles. The van der Waals surface area contributed by atoms with E-state index in [2.05, 4.69) is 0 Å². The van der Waals surface area contributed by atoms with E-state index >= 15 is 0 Å². The van der Waals surface area contributed by atoms with E-state index in [1.165, 1.54) is 28.6 Å². The molecule has 30 heavy (non-hydrogen) atoms. The quantitative estimate of drug-likeness (QED) is 0.630. The first kappa shape index (κ1) is 22.0. The van der Waals surface area contributed by atoms with Crippen LogP contribution in [0.4, 0.5) is 0 Å². The fourth-order valence-electron chi connectivity index (χ4n) is 3.49. The zero-order valence-corrected chi connectivity index (χ0v) is 18.0. The Kier molecular flexibility index (Phi) is 6.89. The molecule has 1 aliphatic rings. The van der Waals surface area contributed by atoms with Gasteiger partial charge in [-0.05, 0) is 49.6 Å². The van der Waals surface area contributed by atoms with Gasteiger partial charge in [-0.25, -0.2) is 13.2 Å². The van der Waals surface area contributed by atoms with Crippen LogP contribution in [0.15, 0.2) is 53.4 Å². The van der Waals surface area contributed by atoms with E-state index in [-0.39, 0.29) is 23.0 Å². The zero-order valence-electron chi connectivity index (χ0n) is 17.2. The fraction of sp³-hybridized carbons (Fsp3) is 0.364. The molecule has 2 aromatic carbocycles. The summed E-state index contributed by atoms with van der Waals surface area (Å²) in [7, 11) is -3.76. The number of rotatable bonds is 7. The third-order valence-corrected chi connectivity index (χ3v) is 7.09. The summed E-state index contributed by atoms with van der Waals surface area (Å²) in [5.41, 5.74) is 2.23. The molecular weight excluding hydrogens is 404 g/mol. The Balaban J connectivity index is 1.73. The standard InChI is InChI=1S/C22H26N2O5S/c1-3-23(4-2)21(25)16-29-22(26)18-10-7-11-20(14-18)30(27,28)24-13-12-17-8-5-6-9-19(17)15-24/h5-11,14H,3-4,12-13,15-16H2,1-2H3. The molecule has 0 saturated carbocycles. The van der Waals surface area contributed by atoms with E-state index < -0.39 is 16.0 Å². The fourth-order valence-corrected chi connectivity index (χ4v) is 4.95. The lowest BCUT2D eigenvalue weighted by atomic mass is 10.0. The highest BCUT2D eigenvalue weighted by atomic mass is 32.2. The molecule has 1 aliphatic heterocycles. The maximum absolute atomic E-state index is 13.1. The Labute approximate surface area is 177 Å². The molecule has 3 rings (SSSR count). The number of fused-ring (bicyclic) bond motifs is 1. The first-order valence-corrected chi connectivity index (χ1v) is 11.4. The summed E-state index contributed by atoms with van der Waals surface area (Å²) >= 11 is 0. The average molecular weight is 431 g/mol. The number of likely N-dealkylation sites (N-methyl/N-ethyl adjacent to an activating group) is 1. The number of amides is 1. The molecule has 1 heterocycles. The third-order valence-electron chi connectivity index (χ3n) is 5.25. The molecule has 0 N–H and O–H groups in total. The predicted octanol–water partition coefficient (Wildman–Crippen LogP) is 2.46. The maximum Gasteiger partial charge on any atom is 0.338 e. The lowest BCUT2D eigenvalue weighted by molar-refractivity contribution is -0.134. The molecule has 0 fully saturated rings. The minimum Gasteiger partial charge on any atom is -0.452 e. The molecule has 2 aromatic rings. The monoisotopic (exact) mass is 430 g/mol. The SMILES string of the molecule is CCN(CC)C(=O)COC(=O)c1cccc(S(=O)(=O)N2CCc3ccccc3C2)c1. The van der Waals surface area contributed by atoms with Gasteiger partial charge in [-0.3, -0.25) is 4.79 Å². The largest absolute Gasteiger partial charge is 0.452 e. The Morgan fingerprint density at radius 1 is 1.03 bits per heavy atom. The Morgan fingerprint density at radius 2 is 1.73 bits per heavy atom. The number of sulfonamides is 1. The van der Waals surface area contributed by atoms with Crippen LogP contribution < -0.4 is 0 Å². The van der Waals surface area contributed by atoms with Gasteiger partial charge in [0.1, 0.15) is 0 Å². The van der Waals surface area contributed by atoms with Gasteiger partial charge >= 0.3 is 5.97 Å². The van der Waals surface area contributed by atoms with Crippen molar-refractivity contribution in [3.05, 3.63) is 65.2 Å². The number of carbonyl (C=O) groups is 2. The molecule has 0 radical (unpaired) electrons. The molecular formula is C22H26N2O5S. The summed E-state index contributed by atoms with van der Waals surface area (Å²) in [6.45, 7) is 5.05. The van der Waals surface area contributed by atoms with Crippen LogP contribution in [0.2, 0.25) is 0 Å². The van der Waals surface area contributed by atoms with E-state index in [0.717, 1.165) is 11.1 Å². The second kappa shape index (κ2) is 9.40. The van der Waals surface area contributed by atoms with Crippen LogP contribution in [0, 0.1) is 0 Å². The van der Waals surface area contributed by atoms with Crippen LogP contribution in [0.3, 0.4) is 0 Å². The van der Waals surface area contributed by atoms with Crippen molar-refractivity contribution in [2.24, 2.45) is 0 Å². The highest BCUT2D eigenvalue weighted by molar-refractivity contribution is 7.89. The van der Waals surface area contributed by atoms with Gasteiger partial charge in [-0.15, -0.1) is 0 Å². The lowest BCUT2D eigenvalue weighted by Gasteiger charge is -2.28. The molecule has 0 spiro atoms. The first-order valence-electron chi connectivity index (χ1n) is 9.98. The van der Waals surface area contributed by atoms with Gasteiger partial charge in [-0.2, -0.15) is 4.31 Å². The van der Waals surface area contributed by atoms with Gasteiger partial charge < -0.3 is 9.64 Å². The molecule has 160 valence electrons. The summed E-state index contributed by atoms with van der Waals surface area (Å²) < 4.78 is 32.8. The van der Waals surface area contributed by atoms with Gasteiger partial charge in [0.2, 0.25) is 10.0 Å². The van der Waals surface area contributed by atoms with Crippen molar-refractivity contribution >= 4 is 21.9 Å². The highest BCUT2D eigenvalue weighted by Crippen LogP contribution is 2.25. The van der Waals surface area contributed by atoms with Crippen molar-refractivity contribution in [1.82, 2.24) is 9.21 Å². The second-order valence-corrected chi connectivity index (χ2v) is 8.97. The predicted molar refractivity (Wildman–Crippen MR) is 112 cm³/mol. The minimum atomic E-state index is -3.76. The van der Waals surface area contributed by atoms with Crippen LogP contribution >= 0.6 is 0 Å². The number of nitrogens with zero attached hydrogens (tertiary/aromatic N) is 2. The number of benzene rings is 2. The molecule has 1 amide bonds. The molecule has 0 atom stereocenters. The molecule has 0 bridgehead atoms. The highest BCUT2D eigenvalue weighted by Gasteiger charge is 2.29. The lowest BCUT2D eigenvalue weighted by Crippen LogP contribution is -2.36. The Hall–Kier alpha value is -2.71. The first-order chi connectivity index (χ1) is 14.4. The van der Waals surface area contributed by atoms with Crippen molar-refractivity contribution in [2.75, 3.05) is 26.2 Å². The van der Waals surface area contributed by atoms with Crippen LogP contribution in [-0.4, -0.2) is 55.7 Å². The average Bonchev–Trinajstić information content (AvgIpc) is 2.78. The maximum atomic E-state index is 13.1. The van der Waals surface area contributed by atoms with E-state index in [0.29, 0.717) is 32.6 Å². The minimum absolute atomic E-state index is 0.0337. The topological polar surface area (TPSA) is 84.0 Å². The molecule has 0 aromatic heterocycles. The molecule has 0 saturated heterocycles. The van der Waals surface area contributed by atoms with Crippen LogP contribution in [-0.2, 0) is 32.5 Å². The summed E-state index contributed by atoms with van der Waals surface area (Å²) in [6, 6.07) is 13.5. The van der Waals surface area contributed by atoms with Crippen LogP contribution in [0.25, 0.3) is 0 Å². The van der Waals surface area contributed by atoms with E-state index in [4.69, 9.17) is 4.74 Å². The van der Waals surface area contributed by atoms with Crippen molar-refractivity contribution in [3.63, 3.8) is 0 Å².